The van der Waals surface area contributed by atoms with Crippen LogP contribution in [0.25, 0.3) is 5.69 Å². The third-order valence-corrected chi connectivity index (χ3v) is 3.81. The highest BCUT2D eigenvalue weighted by Crippen LogP contribution is 2.24. The summed E-state index contributed by atoms with van der Waals surface area (Å²) in [7, 11) is 2.10. The fourth-order valence-corrected chi connectivity index (χ4v) is 2.54. The molecule has 7 heteroatoms. The molecule has 1 aliphatic rings. The van der Waals surface area contributed by atoms with Gasteiger partial charge in [-0.1, -0.05) is 0 Å². The molecule has 3 rings (SSSR count). The van der Waals surface area contributed by atoms with Crippen LogP contribution >= 0.6 is 0 Å². The summed E-state index contributed by atoms with van der Waals surface area (Å²) in [5, 5.41) is 7.55. The van der Waals surface area contributed by atoms with Gasteiger partial charge in [0.25, 0.3) is 5.91 Å². The maximum atomic E-state index is 11.8. The second-order valence-corrected chi connectivity index (χ2v) is 5.23. The summed E-state index contributed by atoms with van der Waals surface area (Å²) in [4.78, 5) is 16.3. The highest BCUT2D eigenvalue weighted by atomic mass is 16.1. The average molecular weight is 286 g/mol. The van der Waals surface area contributed by atoms with Gasteiger partial charge in [-0.3, -0.25) is 9.36 Å². The molecule has 1 aromatic heterocycles. The monoisotopic (exact) mass is 286 g/mol. The van der Waals surface area contributed by atoms with E-state index in [1.165, 1.54) is 0 Å². The first-order chi connectivity index (χ1) is 10.1. The molecule has 7 nitrogen and oxygen atoms in total. The number of carbonyl (C=O) groups is 1. The number of likely N-dealkylation sites (N-methyl/N-ethyl adjacent to an activating group) is 1. The second-order valence-electron chi connectivity index (χ2n) is 5.23. The molecule has 2 heterocycles. The predicted octanol–water partition coefficient (Wildman–Crippen LogP) is 0.118. The van der Waals surface area contributed by atoms with Gasteiger partial charge < -0.3 is 15.5 Å². The first-order valence-electron chi connectivity index (χ1n) is 6.87. The molecule has 2 N–H and O–H groups in total. The van der Waals surface area contributed by atoms with E-state index in [9.17, 15) is 4.79 Å². The normalized spacial score (nSPS) is 16.1. The zero-order valence-electron chi connectivity index (χ0n) is 11.9. The van der Waals surface area contributed by atoms with Crippen LogP contribution in [0.2, 0.25) is 0 Å². The number of primary amides is 1. The van der Waals surface area contributed by atoms with Gasteiger partial charge in [0.2, 0.25) is 0 Å². The third kappa shape index (κ3) is 2.73. The molecule has 0 radical (unpaired) electrons. The Labute approximate surface area is 123 Å². The van der Waals surface area contributed by atoms with Crippen molar-refractivity contribution >= 4 is 11.6 Å². The van der Waals surface area contributed by atoms with E-state index in [0.29, 0.717) is 5.56 Å². The predicted molar refractivity (Wildman–Crippen MR) is 79.6 cm³/mol. The number of carbonyl (C=O) groups excluding carboxylic acids is 1. The van der Waals surface area contributed by atoms with Gasteiger partial charge in [0.15, 0.2) is 0 Å². The Morgan fingerprint density at radius 3 is 2.43 bits per heavy atom. The lowest BCUT2D eigenvalue weighted by molar-refractivity contribution is 0.100. The maximum absolute atomic E-state index is 11.8. The number of hydrogen-bond donors (Lipinski definition) is 1. The number of benzene rings is 1. The van der Waals surface area contributed by atoms with Gasteiger partial charge in [-0.2, -0.15) is 0 Å². The van der Waals surface area contributed by atoms with Crippen LogP contribution in [0.4, 0.5) is 5.69 Å². The Bertz CT molecular complexity index is 631. The Hall–Kier alpha value is -2.41. The molecule has 0 bridgehead atoms. The molecule has 21 heavy (non-hydrogen) atoms. The van der Waals surface area contributed by atoms with Crippen LogP contribution in [0.1, 0.15) is 10.4 Å². The summed E-state index contributed by atoms with van der Waals surface area (Å²) in [5.74, 6) is -0.418. The SMILES string of the molecule is CN1CCN(c2ccc(-n3cnnc3)cc2C(N)=O)CC1. The van der Waals surface area contributed by atoms with Crippen molar-refractivity contribution in [1.82, 2.24) is 19.7 Å². The van der Waals surface area contributed by atoms with Crippen LogP contribution in [-0.4, -0.2) is 58.8 Å². The van der Waals surface area contributed by atoms with E-state index < -0.39 is 5.91 Å². The van der Waals surface area contributed by atoms with E-state index in [1.54, 1.807) is 23.3 Å². The van der Waals surface area contributed by atoms with Gasteiger partial charge in [-0.25, -0.2) is 0 Å². The van der Waals surface area contributed by atoms with Crippen LogP contribution in [0.15, 0.2) is 30.9 Å². The molecule has 0 unspecified atom stereocenters. The number of amides is 1. The topological polar surface area (TPSA) is 80.3 Å². The summed E-state index contributed by atoms with van der Waals surface area (Å²) in [5.41, 5.74) is 7.81. The Morgan fingerprint density at radius 2 is 1.81 bits per heavy atom. The molecule has 1 fully saturated rings. The van der Waals surface area contributed by atoms with E-state index in [2.05, 4.69) is 27.0 Å². The number of hydrogen-bond acceptors (Lipinski definition) is 5. The Morgan fingerprint density at radius 1 is 1.14 bits per heavy atom. The summed E-state index contributed by atoms with van der Waals surface area (Å²) >= 11 is 0. The molecule has 0 aliphatic carbocycles. The minimum absolute atomic E-state index is 0.418. The van der Waals surface area contributed by atoms with Crippen LogP contribution in [-0.2, 0) is 0 Å². The fourth-order valence-electron chi connectivity index (χ4n) is 2.54. The number of nitrogens with two attached hydrogens (primary N) is 1. The summed E-state index contributed by atoms with van der Waals surface area (Å²) in [6.45, 7) is 3.74. The van der Waals surface area contributed by atoms with Crippen molar-refractivity contribution in [3.05, 3.63) is 36.4 Å². The largest absolute Gasteiger partial charge is 0.368 e. The zero-order chi connectivity index (χ0) is 14.8. The highest BCUT2D eigenvalue weighted by molar-refractivity contribution is 5.99. The van der Waals surface area contributed by atoms with Crippen molar-refractivity contribution in [3.63, 3.8) is 0 Å². The van der Waals surface area contributed by atoms with Crippen molar-refractivity contribution in [2.45, 2.75) is 0 Å². The van der Waals surface area contributed by atoms with Gasteiger partial charge in [-0.05, 0) is 25.2 Å². The van der Waals surface area contributed by atoms with E-state index >= 15 is 0 Å². The van der Waals surface area contributed by atoms with Crippen LogP contribution in [0.3, 0.4) is 0 Å². The number of anilines is 1. The van der Waals surface area contributed by atoms with Gasteiger partial charge in [0.1, 0.15) is 12.7 Å². The molecular weight excluding hydrogens is 268 g/mol. The quantitative estimate of drug-likeness (QED) is 0.866. The van der Waals surface area contributed by atoms with Crippen LogP contribution < -0.4 is 10.6 Å². The van der Waals surface area contributed by atoms with Crippen molar-refractivity contribution in [2.75, 3.05) is 38.1 Å². The van der Waals surface area contributed by atoms with Crippen molar-refractivity contribution in [1.29, 1.82) is 0 Å². The summed E-state index contributed by atoms with van der Waals surface area (Å²) < 4.78 is 1.75. The standard InChI is InChI=1S/C14H18N6O/c1-18-4-6-19(7-5-18)13-3-2-11(8-12(13)14(15)21)20-9-16-17-10-20/h2-3,8-10H,4-7H2,1H3,(H2,15,21). The van der Waals surface area contributed by atoms with Crippen LogP contribution in [0.5, 0.6) is 0 Å². The van der Waals surface area contributed by atoms with Gasteiger partial charge in [0.05, 0.1) is 5.56 Å². The van der Waals surface area contributed by atoms with E-state index in [-0.39, 0.29) is 0 Å². The van der Waals surface area contributed by atoms with Crippen molar-refractivity contribution < 1.29 is 4.79 Å². The first-order valence-corrected chi connectivity index (χ1v) is 6.87. The zero-order valence-corrected chi connectivity index (χ0v) is 11.9. The molecule has 1 aromatic carbocycles. The highest BCUT2D eigenvalue weighted by Gasteiger charge is 2.19. The molecule has 0 spiro atoms. The molecule has 0 atom stereocenters. The van der Waals surface area contributed by atoms with Gasteiger partial charge in [0, 0.05) is 37.6 Å². The summed E-state index contributed by atoms with van der Waals surface area (Å²) in [6, 6.07) is 5.68. The molecular formula is C14H18N6O. The maximum Gasteiger partial charge on any atom is 0.250 e. The Balaban J connectivity index is 1.95. The average Bonchev–Trinajstić information content (AvgIpc) is 3.02. The number of piperazine rings is 1. The lowest BCUT2D eigenvalue weighted by Crippen LogP contribution is -2.45. The minimum atomic E-state index is -0.418. The fraction of sp³-hybridized carbons (Fsp3) is 0.357. The van der Waals surface area contributed by atoms with E-state index in [4.69, 9.17) is 5.73 Å². The molecule has 1 amide bonds. The minimum Gasteiger partial charge on any atom is -0.368 e. The number of nitrogens with zero attached hydrogens (tertiary/aromatic N) is 5. The van der Waals surface area contributed by atoms with Gasteiger partial charge >= 0.3 is 0 Å². The molecule has 1 aliphatic heterocycles. The second kappa shape index (κ2) is 5.53. The number of rotatable bonds is 3. The smallest absolute Gasteiger partial charge is 0.250 e. The molecule has 0 saturated carbocycles. The first kappa shape index (κ1) is 13.6. The lowest BCUT2D eigenvalue weighted by Gasteiger charge is -2.35. The molecule has 1 saturated heterocycles. The lowest BCUT2D eigenvalue weighted by atomic mass is 10.1. The third-order valence-electron chi connectivity index (χ3n) is 3.81. The summed E-state index contributed by atoms with van der Waals surface area (Å²) in [6.07, 6.45) is 3.19. The van der Waals surface area contributed by atoms with Crippen molar-refractivity contribution in [2.24, 2.45) is 5.73 Å². The van der Waals surface area contributed by atoms with E-state index in [1.807, 2.05) is 12.1 Å². The van der Waals surface area contributed by atoms with Gasteiger partial charge in [-0.15, -0.1) is 10.2 Å². The van der Waals surface area contributed by atoms with E-state index in [0.717, 1.165) is 37.6 Å². The number of aromatic nitrogens is 3. The Kier molecular flexibility index (Phi) is 3.57. The van der Waals surface area contributed by atoms with Crippen molar-refractivity contribution in [3.8, 4) is 5.69 Å². The molecule has 110 valence electrons. The van der Waals surface area contributed by atoms with Crippen LogP contribution in [0, 0.1) is 0 Å². The molecule has 2 aromatic rings.